The SMILES string of the molecule is COC1CN(Cc2nc(N)c3ccsc3n2)CC1OC. The Morgan fingerprint density at radius 1 is 1.30 bits per heavy atom. The molecule has 3 rings (SSSR count). The molecule has 2 aromatic heterocycles. The smallest absolute Gasteiger partial charge is 0.146 e. The zero-order chi connectivity index (χ0) is 14.1. The van der Waals surface area contributed by atoms with Crippen LogP contribution in [0.5, 0.6) is 0 Å². The molecule has 1 aliphatic rings. The van der Waals surface area contributed by atoms with Crippen molar-refractivity contribution < 1.29 is 9.47 Å². The van der Waals surface area contributed by atoms with Gasteiger partial charge in [-0.05, 0) is 11.4 Å². The molecular weight excluding hydrogens is 276 g/mol. The molecule has 0 spiro atoms. The van der Waals surface area contributed by atoms with Crippen LogP contribution in [-0.4, -0.2) is 54.4 Å². The van der Waals surface area contributed by atoms with Gasteiger partial charge in [0.25, 0.3) is 0 Å². The molecule has 6 nitrogen and oxygen atoms in total. The highest BCUT2D eigenvalue weighted by atomic mass is 32.1. The van der Waals surface area contributed by atoms with Crippen LogP contribution in [-0.2, 0) is 16.0 Å². The Balaban J connectivity index is 1.76. The summed E-state index contributed by atoms with van der Waals surface area (Å²) in [6.07, 6.45) is 0.200. The number of nitrogens with zero attached hydrogens (tertiary/aromatic N) is 3. The van der Waals surface area contributed by atoms with Crippen molar-refractivity contribution in [3.63, 3.8) is 0 Å². The Morgan fingerprint density at radius 3 is 2.65 bits per heavy atom. The van der Waals surface area contributed by atoms with Gasteiger partial charge in [-0.2, -0.15) is 0 Å². The molecular formula is C13H18N4O2S. The van der Waals surface area contributed by atoms with Crippen LogP contribution in [0.2, 0.25) is 0 Å². The summed E-state index contributed by atoms with van der Waals surface area (Å²) in [6.45, 7) is 2.30. The fourth-order valence-corrected chi connectivity index (χ4v) is 3.39. The Kier molecular flexibility index (Phi) is 3.84. The lowest BCUT2D eigenvalue weighted by Crippen LogP contribution is -2.27. The van der Waals surface area contributed by atoms with Gasteiger partial charge in [0.2, 0.25) is 0 Å². The van der Waals surface area contributed by atoms with Crippen LogP contribution in [0.25, 0.3) is 10.2 Å². The van der Waals surface area contributed by atoms with Crippen LogP contribution in [0.15, 0.2) is 11.4 Å². The summed E-state index contributed by atoms with van der Waals surface area (Å²) in [5.74, 6) is 1.31. The number of nitrogens with two attached hydrogens (primary N) is 1. The zero-order valence-electron chi connectivity index (χ0n) is 11.6. The largest absolute Gasteiger partial charge is 0.383 e. The van der Waals surface area contributed by atoms with Gasteiger partial charge in [0, 0.05) is 27.3 Å². The van der Waals surface area contributed by atoms with E-state index in [1.807, 2.05) is 11.4 Å². The van der Waals surface area contributed by atoms with Gasteiger partial charge in [0.1, 0.15) is 16.5 Å². The molecule has 0 saturated carbocycles. The summed E-state index contributed by atoms with van der Waals surface area (Å²) in [7, 11) is 3.43. The van der Waals surface area contributed by atoms with Crippen molar-refractivity contribution in [3.8, 4) is 0 Å². The molecule has 108 valence electrons. The van der Waals surface area contributed by atoms with Crippen molar-refractivity contribution in [1.29, 1.82) is 0 Å². The molecule has 20 heavy (non-hydrogen) atoms. The first kappa shape index (κ1) is 13.7. The number of likely N-dealkylation sites (tertiary alicyclic amines) is 1. The lowest BCUT2D eigenvalue weighted by Gasteiger charge is -2.14. The summed E-state index contributed by atoms with van der Waals surface area (Å²) >= 11 is 1.58. The number of aromatic nitrogens is 2. The zero-order valence-corrected chi connectivity index (χ0v) is 12.4. The van der Waals surface area contributed by atoms with E-state index in [1.54, 1.807) is 25.6 Å². The van der Waals surface area contributed by atoms with E-state index in [0.29, 0.717) is 12.4 Å². The second-order valence-electron chi connectivity index (χ2n) is 4.91. The molecule has 0 aliphatic carbocycles. The Morgan fingerprint density at radius 2 is 2.00 bits per heavy atom. The molecule has 1 aliphatic heterocycles. The van der Waals surface area contributed by atoms with Crippen LogP contribution in [0.3, 0.4) is 0 Å². The number of methoxy groups -OCH3 is 2. The molecule has 2 atom stereocenters. The molecule has 3 heterocycles. The van der Waals surface area contributed by atoms with Crippen LogP contribution < -0.4 is 5.73 Å². The van der Waals surface area contributed by atoms with Crippen LogP contribution >= 0.6 is 11.3 Å². The van der Waals surface area contributed by atoms with Crippen molar-refractivity contribution >= 4 is 27.4 Å². The molecule has 1 fully saturated rings. The second kappa shape index (κ2) is 5.61. The third kappa shape index (κ3) is 2.49. The number of hydrogen-bond donors (Lipinski definition) is 1. The van der Waals surface area contributed by atoms with Crippen molar-refractivity contribution in [2.45, 2.75) is 18.8 Å². The maximum absolute atomic E-state index is 5.97. The predicted octanol–water partition coefficient (Wildman–Crippen LogP) is 1.12. The molecule has 7 heteroatoms. The second-order valence-corrected chi connectivity index (χ2v) is 5.80. The molecule has 1 saturated heterocycles. The molecule has 0 radical (unpaired) electrons. The van der Waals surface area contributed by atoms with E-state index in [0.717, 1.165) is 29.1 Å². The monoisotopic (exact) mass is 294 g/mol. The first-order valence-electron chi connectivity index (χ1n) is 6.48. The normalized spacial score (nSPS) is 23.7. The number of rotatable bonds is 4. The Bertz CT molecular complexity index is 591. The minimum Gasteiger partial charge on any atom is -0.383 e. The number of nitrogen functional groups attached to an aromatic ring is 1. The molecule has 0 bridgehead atoms. The van der Waals surface area contributed by atoms with E-state index >= 15 is 0 Å². The summed E-state index contributed by atoms with van der Waals surface area (Å²) < 4.78 is 10.9. The van der Waals surface area contributed by atoms with Crippen LogP contribution in [0.1, 0.15) is 5.82 Å². The van der Waals surface area contributed by atoms with Gasteiger partial charge >= 0.3 is 0 Å². The lowest BCUT2D eigenvalue weighted by atomic mass is 10.3. The van der Waals surface area contributed by atoms with Gasteiger partial charge < -0.3 is 15.2 Å². The van der Waals surface area contributed by atoms with Crippen LogP contribution in [0, 0.1) is 0 Å². The average Bonchev–Trinajstić information content (AvgIpc) is 3.04. The molecule has 2 N–H and O–H groups in total. The first-order chi connectivity index (χ1) is 9.71. The minimum atomic E-state index is 0.0998. The van der Waals surface area contributed by atoms with Crippen molar-refractivity contribution in [2.75, 3.05) is 33.0 Å². The number of hydrogen-bond acceptors (Lipinski definition) is 7. The first-order valence-corrected chi connectivity index (χ1v) is 7.36. The molecule has 0 aromatic carbocycles. The van der Waals surface area contributed by atoms with E-state index in [9.17, 15) is 0 Å². The topological polar surface area (TPSA) is 73.5 Å². The number of thiophene rings is 1. The van der Waals surface area contributed by atoms with E-state index in [-0.39, 0.29) is 12.2 Å². The fraction of sp³-hybridized carbons (Fsp3) is 0.538. The van der Waals surface area contributed by atoms with Gasteiger partial charge in [-0.1, -0.05) is 0 Å². The number of fused-ring (bicyclic) bond motifs is 1. The third-order valence-corrected chi connectivity index (χ3v) is 4.47. The van der Waals surface area contributed by atoms with Gasteiger partial charge in [-0.3, -0.25) is 4.90 Å². The number of ether oxygens (including phenoxy) is 2. The van der Waals surface area contributed by atoms with Crippen LogP contribution in [0.4, 0.5) is 5.82 Å². The maximum Gasteiger partial charge on any atom is 0.146 e. The van der Waals surface area contributed by atoms with Crippen molar-refractivity contribution in [1.82, 2.24) is 14.9 Å². The average molecular weight is 294 g/mol. The Labute approximate surface area is 121 Å². The third-order valence-electron chi connectivity index (χ3n) is 3.66. The van der Waals surface area contributed by atoms with Crippen molar-refractivity contribution in [3.05, 3.63) is 17.3 Å². The Hall–Kier alpha value is -1.28. The minimum absolute atomic E-state index is 0.0998. The highest BCUT2D eigenvalue weighted by molar-refractivity contribution is 7.16. The van der Waals surface area contributed by atoms with E-state index < -0.39 is 0 Å². The predicted molar refractivity (Wildman–Crippen MR) is 78.7 cm³/mol. The summed E-state index contributed by atoms with van der Waals surface area (Å²) in [5, 5.41) is 2.92. The lowest BCUT2D eigenvalue weighted by molar-refractivity contribution is -0.00461. The van der Waals surface area contributed by atoms with Gasteiger partial charge in [0.05, 0.1) is 24.1 Å². The van der Waals surface area contributed by atoms with E-state index in [1.165, 1.54) is 0 Å². The quantitative estimate of drug-likeness (QED) is 0.911. The summed E-state index contributed by atoms with van der Waals surface area (Å²) in [4.78, 5) is 12.1. The number of anilines is 1. The molecule has 2 unspecified atom stereocenters. The molecule has 2 aromatic rings. The van der Waals surface area contributed by atoms with Crippen molar-refractivity contribution in [2.24, 2.45) is 0 Å². The maximum atomic E-state index is 5.97. The fourth-order valence-electron chi connectivity index (χ4n) is 2.60. The van der Waals surface area contributed by atoms with E-state index in [2.05, 4.69) is 14.9 Å². The van der Waals surface area contributed by atoms with Gasteiger partial charge in [-0.15, -0.1) is 11.3 Å². The summed E-state index contributed by atoms with van der Waals surface area (Å²) in [6, 6.07) is 1.96. The van der Waals surface area contributed by atoms with Gasteiger partial charge in [-0.25, -0.2) is 9.97 Å². The summed E-state index contributed by atoms with van der Waals surface area (Å²) in [5.41, 5.74) is 5.97. The highest BCUT2D eigenvalue weighted by Crippen LogP contribution is 2.24. The van der Waals surface area contributed by atoms with E-state index in [4.69, 9.17) is 15.2 Å². The standard InChI is InChI=1S/C13H18N4O2S/c1-18-9-5-17(6-10(9)19-2)7-11-15-12(14)8-3-4-20-13(8)16-11/h3-4,9-10H,5-7H2,1-2H3,(H2,14,15,16). The highest BCUT2D eigenvalue weighted by Gasteiger charge is 2.33. The molecule has 0 amide bonds. The van der Waals surface area contributed by atoms with Gasteiger partial charge in [0.15, 0.2) is 0 Å².